The van der Waals surface area contributed by atoms with Gasteiger partial charge in [-0.25, -0.2) is 9.59 Å². The summed E-state index contributed by atoms with van der Waals surface area (Å²) in [7, 11) is 1.32. The molecular formula is C16H27NO4. The van der Waals surface area contributed by atoms with Gasteiger partial charge in [-0.1, -0.05) is 19.1 Å². The lowest BCUT2D eigenvalue weighted by molar-refractivity contribution is -0.143. The summed E-state index contributed by atoms with van der Waals surface area (Å²) in [5.41, 5.74) is -0.703. The number of hydrogen-bond acceptors (Lipinski definition) is 4. The topological polar surface area (TPSA) is 64.6 Å². The molecule has 1 N–H and O–H groups in total. The summed E-state index contributed by atoms with van der Waals surface area (Å²) < 4.78 is 10.0. The van der Waals surface area contributed by atoms with Crippen molar-refractivity contribution >= 4 is 12.1 Å². The van der Waals surface area contributed by atoms with Gasteiger partial charge in [0.25, 0.3) is 0 Å². The first-order valence-electron chi connectivity index (χ1n) is 7.40. The molecule has 0 aromatic rings. The number of carbonyl (C=O) groups excluding carboxylic acids is 2. The molecule has 5 heteroatoms. The summed E-state index contributed by atoms with van der Waals surface area (Å²) in [5.74, 6) is -0.443. The third kappa shape index (κ3) is 6.19. The van der Waals surface area contributed by atoms with Crippen molar-refractivity contribution in [2.24, 2.45) is 5.41 Å². The Morgan fingerprint density at radius 1 is 1.38 bits per heavy atom. The quantitative estimate of drug-likeness (QED) is 0.639. The summed E-state index contributed by atoms with van der Waals surface area (Å²) in [6, 6.07) is -0.697. The molecule has 0 saturated carbocycles. The van der Waals surface area contributed by atoms with Crippen LogP contribution in [-0.4, -0.2) is 30.8 Å². The number of methoxy groups -OCH3 is 1. The standard InChI is InChI=1S/C16H27NO4/c1-15(2,3)21-14(19)17-12(13(18)20-5)11-16(4)9-7-6-8-10-16/h7,9,12H,6,8,10-11H2,1-5H3,(H,17,19)/t12-,16?/m0/s1. The van der Waals surface area contributed by atoms with E-state index in [0.29, 0.717) is 6.42 Å². The number of ether oxygens (including phenoxy) is 2. The van der Waals surface area contributed by atoms with Crippen molar-refractivity contribution in [3.63, 3.8) is 0 Å². The maximum Gasteiger partial charge on any atom is 0.408 e. The van der Waals surface area contributed by atoms with Crippen molar-refractivity contribution in [3.05, 3.63) is 12.2 Å². The molecule has 1 aliphatic rings. The summed E-state index contributed by atoms with van der Waals surface area (Å²) in [6.07, 6.45) is 7.32. The molecule has 2 atom stereocenters. The van der Waals surface area contributed by atoms with E-state index in [0.717, 1.165) is 19.3 Å². The Hall–Kier alpha value is -1.52. The van der Waals surface area contributed by atoms with Crippen LogP contribution in [0.1, 0.15) is 53.4 Å². The van der Waals surface area contributed by atoms with Crippen LogP contribution in [0, 0.1) is 5.41 Å². The van der Waals surface area contributed by atoms with E-state index in [-0.39, 0.29) is 5.41 Å². The van der Waals surface area contributed by atoms with Gasteiger partial charge in [0.1, 0.15) is 11.6 Å². The molecule has 0 heterocycles. The summed E-state index contributed by atoms with van der Waals surface area (Å²) in [4.78, 5) is 23.8. The smallest absolute Gasteiger partial charge is 0.408 e. The Labute approximate surface area is 127 Å². The zero-order valence-electron chi connectivity index (χ0n) is 13.7. The lowest BCUT2D eigenvalue weighted by atomic mass is 9.76. The van der Waals surface area contributed by atoms with Gasteiger partial charge >= 0.3 is 12.1 Å². The van der Waals surface area contributed by atoms with E-state index < -0.39 is 23.7 Å². The highest BCUT2D eigenvalue weighted by molar-refractivity contribution is 5.81. The second-order valence-electron chi connectivity index (χ2n) is 6.87. The molecule has 21 heavy (non-hydrogen) atoms. The van der Waals surface area contributed by atoms with Crippen LogP contribution in [0.5, 0.6) is 0 Å². The largest absolute Gasteiger partial charge is 0.467 e. The average molecular weight is 297 g/mol. The monoisotopic (exact) mass is 297 g/mol. The van der Waals surface area contributed by atoms with Gasteiger partial charge in [0, 0.05) is 0 Å². The second-order valence-corrected chi connectivity index (χ2v) is 6.87. The first-order chi connectivity index (χ1) is 9.65. The number of esters is 1. The molecule has 0 fully saturated rings. The van der Waals surface area contributed by atoms with Gasteiger partial charge in [-0.3, -0.25) is 0 Å². The fourth-order valence-corrected chi connectivity index (χ4v) is 2.50. The maximum atomic E-state index is 11.9. The van der Waals surface area contributed by atoms with Crippen LogP contribution < -0.4 is 5.32 Å². The van der Waals surface area contributed by atoms with Gasteiger partial charge in [-0.05, 0) is 51.9 Å². The van der Waals surface area contributed by atoms with Crippen molar-refractivity contribution in [1.82, 2.24) is 5.32 Å². The predicted octanol–water partition coefficient (Wildman–Crippen LogP) is 3.19. The molecule has 5 nitrogen and oxygen atoms in total. The minimum Gasteiger partial charge on any atom is -0.467 e. The molecule has 0 aromatic heterocycles. The zero-order valence-corrected chi connectivity index (χ0v) is 13.7. The Balaban J connectivity index is 2.72. The van der Waals surface area contributed by atoms with Gasteiger partial charge in [-0.2, -0.15) is 0 Å². The molecular weight excluding hydrogens is 270 g/mol. The van der Waals surface area contributed by atoms with Crippen LogP contribution in [0.2, 0.25) is 0 Å². The van der Waals surface area contributed by atoms with Gasteiger partial charge in [-0.15, -0.1) is 0 Å². The molecule has 0 bridgehead atoms. The van der Waals surface area contributed by atoms with Crippen molar-refractivity contribution in [1.29, 1.82) is 0 Å². The Morgan fingerprint density at radius 3 is 2.52 bits per heavy atom. The maximum absolute atomic E-state index is 11.9. The number of rotatable bonds is 4. The molecule has 0 aliphatic heterocycles. The van der Waals surface area contributed by atoms with Crippen molar-refractivity contribution < 1.29 is 19.1 Å². The number of amides is 1. The van der Waals surface area contributed by atoms with E-state index in [2.05, 4.69) is 24.4 Å². The number of allylic oxidation sites excluding steroid dienone is 2. The number of carbonyl (C=O) groups is 2. The lowest BCUT2D eigenvalue weighted by Gasteiger charge is -2.32. The van der Waals surface area contributed by atoms with E-state index in [1.807, 2.05) is 0 Å². The zero-order chi connectivity index (χ0) is 16.1. The highest BCUT2D eigenvalue weighted by Crippen LogP contribution is 2.35. The normalized spacial score (nSPS) is 23.3. The molecule has 0 radical (unpaired) electrons. The third-order valence-corrected chi connectivity index (χ3v) is 3.49. The van der Waals surface area contributed by atoms with Crippen LogP contribution in [0.4, 0.5) is 4.79 Å². The van der Waals surface area contributed by atoms with E-state index in [1.165, 1.54) is 7.11 Å². The van der Waals surface area contributed by atoms with Gasteiger partial charge in [0.15, 0.2) is 0 Å². The van der Waals surface area contributed by atoms with Crippen molar-refractivity contribution in [2.45, 2.75) is 65.0 Å². The molecule has 120 valence electrons. The van der Waals surface area contributed by atoms with Crippen LogP contribution in [0.3, 0.4) is 0 Å². The van der Waals surface area contributed by atoms with Gasteiger partial charge < -0.3 is 14.8 Å². The minimum absolute atomic E-state index is 0.105. The second kappa shape index (κ2) is 6.96. The summed E-state index contributed by atoms with van der Waals surface area (Å²) in [5, 5.41) is 2.63. The van der Waals surface area contributed by atoms with Crippen LogP contribution in [0.15, 0.2) is 12.2 Å². The lowest BCUT2D eigenvalue weighted by Crippen LogP contribution is -2.46. The minimum atomic E-state index is -0.697. The Bertz CT molecular complexity index is 411. The average Bonchev–Trinajstić information content (AvgIpc) is 2.35. The molecule has 0 spiro atoms. The first kappa shape index (κ1) is 17.5. The summed E-state index contributed by atoms with van der Waals surface area (Å²) >= 11 is 0. The fourth-order valence-electron chi connectivity index (χ4n) is 2.50. The van der Waals surface area contributed by atoms with Crippen molar-refractivity contribution in [2.75, 3.05) is 7.11 Å². The van der Waals surface area contributed by atoms with E-state index >= 15 is 0 Å². The SMILES string of the molecule is COC(=O)[C@H](CC1(C)C=CCCC1)NC(=O)OC(C)(C)C. The highest BCUT2D eigenvalue weighted by atomic mass is 16.6. The van der Waals surface area contributed by atoms with E-state index in [4.69, 9.17) is 9.47 Å². The Morgan fingerprint density at radius 2 is 2.05 bits per heavy atom. The van der Waals surface area contributed by atoms with Gasteiger partial charge in [0.05, 0.1) is 7.11 Å². The van der Waals surface area contributed by atoms with E-state index in [9.17, 15) is 9.59 Å². The van der Waals surface area contributed by atoms with Crippen LogP contribution in [0.25, 0.3) is 0 Å². The fraction of sp³-hybridized carbons (Fsp3) is 0.750. The van der Waals surface area contributed by atoms with Crippen LogP contribution >= 0.6 is 0 Å². The number of alkyl carbamates (subject to hydrolysis) is 1. The van der Waals surface area contributed by atoms with Gasteiger partial charge in [0.2, 0.25) is 0 Å². The first-order valence-corrected chi connectivity index (χ1v) is 7.40. The Kier molecular flexibility index (Phi) is 5.81. The number of hydrogen-bond donors (Lipinski definition) is 1. The molecule has 1 aliphatic carbocycles. The molecule has 0 saturated heterocycles. The summed E-state index contributed by atoms with van der Waals surface area (Å²) in [6.45, 7) is 7.44. The highest BCUT2D eigenvalue weighted by Gasteiger charge is 2.33. The van der Waals surface area contributed by atoms with Crippen molar-refractivity contribution in [3.8, 4) is 0 Å². The van der Waals surface area contributed by atoms with E-state index in [1.54, 1.807) is 20.8 Å². The predicted molar refractivity (Wildman–Crippen MR) is 80.9 cm³/mol. The molecule has 1 rings (SSSR count). The molecule has 1 unspecified atom stereocenters. The molecule has 1 amide bonds. The molecule has 0 aromatic carbocycles. The van der Waals surface area contributed by atoms with Crippen LogP contribution in [-0.2, 0) is 14.3 Å². The number of nitrogens with one attached hydrogen (secondary N) is 1. The third-order valence-electron chi connectivity index (χ3n) is 3.49.